The predicted molar refractivity (Wildman–Crippen MR) is 131 cm³/mol. The molecule has 8 rings (SSSR count). The van der Waals surface area contributed by atoms with Gasteiger partial charge in [-0.05, 0) is 126 Å². The Balaban J connectivity index is 1.46. The highest BCUT2D eigenvalue weighted by atomic mass is 32.1. The van der Waals surface area contributed by atoms with Crippen LogP contribution in [0.2, 0.25) is 0 Å². The highest BCUT2D eigenvalue weighted by Crippen LogP contribution is 2.49. The van der Waals surface area contributed by atoms with E-state index < -0.39 is 0 Å². The highest BCUT2D eigenvalue weighted by Gasteiger charge is 2.26. The van der Waals surface area contributed by atoms with Crippen molar-refractivity contribution in [3.05, 3.63) is 93.7 Å². The Hall–Kier alpha value is -2.94. The van der Waals surface area contributed by atoms with Gasteiger partial charge in [-0.2, -0.15) is 0 Å². The van der Waals surface area contributed by atoms with Crippen molar-refractivity contribution in [3.63, 3.8) is 0 Å². The maximum Gasteiger partial charge on any atom is 0.0349 e. The Bertz CT molecular complexity index is 1570. The molecule has 6 aromatic rings. The van der Waals surface area contributed by atoms with Crippen LogP contribution < -0.4 is 0 Å². The normalized spacial score (nSPS) is 13.7. The number of thiophene rings is 2. The van der Waals surface area contributed by atoms with Gasteiger partial charge in [0.15, 0.2) is 0 Å². The summed E-state index contributed by atoms with van der Waals surface area (Å²) in [4.78, 5) is 0. The van der Waals surface area contributed by atoms with Crippen molar-refractivity contribution < 1.29 is 0 Å². The third-order valence-corrected chi connectivity index (χ3v) is 8.79. The van der Waals surface area contributed by atoms with Crippen molar-refractivity contribution in [3.8, 4) is 22.3 Å². The molecule has 2 aliphatic carbocycles. The Morgan fingerprint density at radius 3 is 1.50 bits per heavy atom. The molecule has 0 fully saturated rings. The molecule has 0 amide bonds. The lowest BCUT2D eigenvalue weighted by molar-refractivity contribution is 1.27. The van der Waals surface area contributed by atoms with Crippen LogP contribution in [-0.4, -0.2) is 0 Å². The lowest BCUT2D eigenvalue weighted by Crippen LogP contribution is -1.87. The van der Waals surface area contributed by atoms with E-state index in [4.69, 9.17) is 0 Å². The topological polar surface area (TPSA) is 0 Å². The molecule has 0 nitrogen and oxygen atoms in total. The molecule has 0 bridgehead atoms. The summed E-state index contributed by atoms with van der Waals surface area (Å²) >= 11 is 3.69. The van der Waals surface area contributed by atoms with Crippen LogP contribution in [-0.2, 0) is 12.8 Å². The Labute approximate surface area is 182 Å². The highest BCUT2D eigenvalue weighted by molar-refractivity contribution is 7.17. The summed E-state index contributed by atoms with van der Waals surface area (Å²) in [6, 6.07) is 23.7. The molecule has 2 heteroatoms. The van der Waals surface area contributed by atoms with Crippen molar-refractivity contribution in [2.24, 2.45) is 0 Å². The van der Waals surface area contributed by atoms with Gasteiger partial charge in [-0.25, -0.2) is 0 Å². The van der Waals surface area contributed by atoms with Crippen LogP contribution in [0.4, 0.5) is 0 Å². The van der Waals surface area contributed by atoms with E-state index in [0.29, 0.717) is 0 Å². The van der Waals surface area contributed by atoms with Gasteiger partial charge in [0.1, 0.15) is 0 Å². The number of rotatable bonds is 0. The summed E-state index contributed by atoms with van der Waals surface area (Å²) in [5.74, 6) is 0. The first-order valence-corrected chi connectivity index (χ1v) is 12.2. The molecular weight excluding hydrogens is 400 g/mol. The van der Waals surface area contributed by atoms with Gasteiger partial charge in [0.05, 0.1) is 0 Å². The predicted octanol–water partition coefficient (Wildman–Crippen LogP) is 8.41. The SMILES string of the molecule is c1cc2cc3c(cc2s1)-c1c(ccc2c4c(ccc12)Cc1cc2ccsc2cc1-4)C3. The molecule has 2 heterocycles. The van der Waals surface area contributed by atoms with Crippen LogP contribution in [0.5, 0.6) is 0 Å². The first-order valence-electron chi connectivity index (χ1n) is 10.4. The standard InChI is InChI=1S/C28H16S2/c1-3-21-22(27-17(1)11-19-9-15-5-7-29-25(15)13-23(19)27)4-2-18-12-20-10-16-6-8-30-26(16)14-24(20)28(18)21/h1-10,13-14H,11-12H2. The van der Waals surface area contributed by atoms with Crippen LogP contribution >= 0.6 is 22.7 Å². The molecule has 2 aliphatic rings. The zero-order chi connectivity index (χ0) is 19.4. The fraction of sp³-hybridized carbons (Fsp3) is 0.0714. The molecule has 0 saturated heterocycles. The molecule has 0 saturated carbocycles. The van der Waals surface area contributed by atoms with E-state index >= 15 is 0 Å². The third-order valence-electron chi connectivity index (χ3n) is 7.03. The van der Waals surface area contributed by atoms with Crippen LogP contribution in [0, 0.1) is 0 Å². The average Bonchev–Trinajstić information content (AvgIpc) is 3.52. The summed E-state index contributed by atoms with van der Waals surface area (Å²) in [5, 5.41) is 10.0. The van der Waals surface area contributed by atoms with Crippen molar-refractivity contribution in [2.75, 3.05) is 0 Å². The molecular formula is C28H16S2. The Morgan fingerprint density at radius 2 is 1.00 bits per heavy atom. The van der Waals surface area contributed by atoms with E-state index in [1.165, 1.54) is 75.5 Å². The molecule has 0 N–H and O–H groups in total. The molecule has 0 atom stereocenters. The average molecular weight is 417 g/mol. The van der Waals surface area contributed by atoms with Crippen LogP contribution in [0.25, 0.3) is 53.2 Å². The van der Waals surface area contributed by atoms with E-state index in [1.807, 2.05) is 22.7 Å². The minimum Gasteiger partial charge on any atom is -0.144 e. The van der Waals surface area contributed by atoms with Gasteiger partial charge >= 0.3 is 0 Å². The van der Waals surface area contributed by atoms with Crippen LogP contribution in [0.15, 0.2) is 71.4 Å². The second-order valence-electron chi connectivity index (χ2n) is 8.58. The molecule has 30 heavy (non-hydrogen) atoms. The molecule has 2 aromatic heterocycles. The van der Waals surface area contributed by atoms with Gasteiger partial charge in [-0.3, -0.25) is 0 Å². The summed E-state index contributed by atoms with van der Waals surface area (Å²) in [7, 11) is 0. The monoisotopic (exact) mass is 416 g/mol. The van der Waals surface area contributed by atoms with E-state index in [2.05, 4.69) is 71.4 Å². The van der Waals surface area contributed by atoms with Crippen LogP contribution in [0.3, 0.4) is 0 Å². The first kappa shape index (κ1) is 15.8. The van der Waals surface area contributed by atoms with Gasteiger partial charge in [0.25, 0.3) is 0 Å². The summed E-state index contributed by atoms with van der Waals surface area (Å²) in [6.45, 7) is 0. The molecule has 0 radical (unpaired) electrons. The molecule has 0 spiro atoms. The quantitative estimate of drug-likeness (QED) is 0.233. The lowest BCUT2D eigenvalue weighted by atomic mass is 9.92. The van der Waals surface area contributed by atoms with Crippen LogP contribution in [0.1, 0.15) is 22.3 Å². The van der Waals surface area contributed by atoms with Crippen molar-refractivity contribution in [1.82, 2.24) is 0 Å². The second-order valence-corrected chi connectivity index (χ2v) is 10.5. The molecule has 140 valence electrons. The fourth-order valence-electron chi connectivity index (χ4n) is 5.71. The van der Waals surface area contributed by atoms with Gasteiger partial charge in [-0.15, -0.1) is 22.7 Å². The zero-order valence-electron chi connectivity index (χ0n) is 16.2. The van der Waals surface area contributed by atoms with E-state index in [1.54, 1.807) is 0 Å². The zero-order valence-corrected chi connectivity index (χ0v) is 17.8. The fourth-order valence-corrected chi connectivity index (χ4v) is 7.33. The molecule has 0 unspecified atom stereocenters. The maximum absolute atomic E-state index is 2.43. The number of hydrogen-bond donors (Lipinski definition) is 0. The number of fused-ring (bicyclic) bond motifs is 11. The largest absolute Gasteiger partial charge is 0.144 e. The van der Waals surface area contributed by atoms with Gasteiger partial charge in [0, 0.05) is 9.40 Å². The number of benzene rings is 4. The smallest absolute Gasteiger partial charge is 0.0349 e. The first-order chi connectivity index (χ1) is 14.8. The third kappa shape index (κ3) is 1.91. The molecule has 0 aliphatic heterocycles. The minimum absolute atomic E-state index is 1.05. The van der Waals surface area contributed by atoms with Crippen molar-refractivity contribution in [1.29, 1.82) is 0 Å². The second kappa shape index (κ2) is 5.40. The lowest BCUT2D eigenvalue weighted by Gasteiger charge is -2.12. The Kier molecular flexibility index (Phi) is 2.85. The Morgan fingerprint density at radius 1 is 0.500 bits per heavy atom. The van der Waals surface area contributed by atoms with Crippen molar-refractivity contribution in [2.45, 2.75) is 12.8 Å². The van der Waals surface area contributed by atoms with Gasteiger partial charge in [0.2, 0.25) is 0 Å². The van der Waals surface area contributed by atoms with E-state index in [0.717, 1.165) is 12.8 Å². The van der Waals surface area contributed by atoms with E-state index in [9.17, 15) is 0 Å². The van der Waals surface area contributed by atoms with Gasteiger partial charge < -0.3 is 0 Å². The summed E-state index contributed by atoms with van der Waals surface area (Å²) in [5.41, 5.74) is 11.7. The maximum atomic E-state index is 2.43. The molecule has 4 aromatic carbocycles. The van der Waals surface area contributed by atoms with E-state index in [-0.39, 0.29) is 0 Å². The summed E-state index contributed by atoms with van der Waals surface area (Å²) < 4.78 is 2.79. The minimum atomic E-state index is 1.05. The van der Waals surface area contributed by atoms with Gasteiger partial charge in [-0.1, -0.05) is 24.3 Å². The van der Waals surface area contributed by atoms with Crippen molar-refractivity contribution >= 4 is 53.6 Å². The summed E-state index contributed by atoms with van der Waals surface area (Å²) in [6.07, 6.45) is 2.10. The number of hydrogen-bond acceptors (Lipinski definition) is 2.